The van der Waals surface area contributed by atoms with E-state index in [9.17, 15) is 4.79 Å². The topological polar surface area (TPSA) is 62.7 Å². The monoisotopic (exact) mass is 296 g/mol. The molecule has 0 radical (unpaired) electrons. The van der Waals surface area contributed by atoms with Gasteiger partial charge in [0.25, 0.3) is 0 Å². The minimum atomic E-state index is -0.305. The fourth-order valence-electron chi connectivity index (χ4n) is 1.98. The number of carbonyl (C=O) groups is 1. The number of aromatic nitrogens is 1. The van der Waals surface area contributed by atoms with Crippen molar-refractivity contribution >= 4 is 23.6 Å². The summed E-state index contributed by atoms with van der Waals surface area (Å²) in [5.74, 6) is -0.103. The molecular weight excluding hydrogens is 280 g/mol. The van der Waals surface area contributed by atoms with Gasteiger partial charge in [0.15, 0.2) is 0 Å². The fourth-order valence-corrected chi connectivity index (χ4v) is 2.10. The maximum Gasteiger partial charge on any atom is 0.246 e. The number of amides is 1. The lowest BCUT2D eigenvalue weighted by atomic mass is 10.2. The Kier molecular flexibility index (Phi) is 5.11. The van der Waals surface area contributed by atoms with Gasteiger partial charge in [-0.3, -0.25) is 4.79 Å². The van der Waals surface area contributed by atoms with Crippen LogP contribution in [0.4, 0.5) is 0 Å². The van der Waals surface area contributed by atoms with Gasteiger partial charge in [0, 0.05) is 18.8 Å². The van der Waals surface area contributed by atoms with E-state index in [2.05, 4.69) is 4.98 Å². The number of nitrogens with zero attached hydrogens (tertiary/aromatic N) is 2. The van der Waals surface area contributed by atoms with Crippen LogP contribution in [0.25, 0.3) is 6.08 Å². The van der Waals surface area contributed by atoms with Crippen LogP contribution in [0.15, 0.2) is 24.4 Å². The molecule has 0 aromatic carbocycles. The number of hydrogen-bond donors (Lipinski definition) is 1. The van der Waals surface area contributed by atoms with Crippen LogP contribution in [0.2, 0.25) is 5.15 Å². The minimum Gasteiger partial charge on any atom is -0.394 e. The molecule has 1 aliphatic rings. The summed E-state index contributed by atoms with van der Waals surface area (Å²) in [5.41, 5.74) is 0.808. The van der Waals surface area contributed by atoms with Crippen LogP contribution < -0.4 is 0 Å². The molecule has 0 spiro atoms. The van der Waals surface area contributed by atoms with Crippen molar-refractivity contribution in [2.24, 2.45) is 0 Å². The summed E-state index contributed by atoms with van der Waals surface area (Å²) in [5, 5.41) is 9.53. The van der Waals surface area contributed by atoms with Gasteiger partial charge in [-0.2, -0.15) is 0 Å². The Hall–Kier alpha value is -1.43. The smallest absolute Gasteiger partial charge is 0.246 e. The molecule has 5 nitrogen and oxygen atoms in total. The van der Waals surface area contributed by atoms with Crippen molar-refractivity contribution in [3.63, 3.8) is 0 Å². The first-order valence-electron chi connectivity index (χ1n) is 6.43. The summed E-state index contributed by atoms with van der Waals surface area (Å²) in [6.45, 7) is 2.68. The molecule has 1 N–H and O–H groups in total. The number of aliphatic hydroxyl groups excluding tert-OH is 1. The van der Waals surface area contributed by atoms with Gasteiger partial charge in [0.05, 0.1) is 25.4 Å². The van der Waals surface area contributed by atoms with E-state index in [1.54, 1.807) is 29.3 Å². The lowest BCUT2D eigenvalue weighted by Crippen LogP contribution is -2.51. The lowest BCUT2D eigenvalue weighted by Gasteiger charge is -2.36. The van der Waals surface area contributed by atoms with Crippen molar-refractivity contribution in [2.75, 3.05) is 19.8 Å². The fraction of sp³-hybridized carbons (Fsp3) is 0.429. The molecule has 1 fully saturated rings. The molecule has 0 saturated carbocycles. The highest BCUT2D eigenvalue weighted by molar-refractivity contribution is 6.29. The number of aliphatic hydroxyl groups is 1. The molecule has 1 aromatic heterocycles. The summed E-state index contributed by atoms with van der Waals surface area (Å²) in [4.78, 5) is 17.8. The summed E-state index contributed by atoms with van der Waals surface area (Å²) >= 11 is 5.70. The van der Waals surface area contributed by atoms with E-state index in [1.165, 1.54) is 6.08 Å². The molecule has 6 heteroatoms. The quantitative estimate of drug-likeness (QED) is 0.676. The van der Waals surface area contributed by atoms with Gasteiger partial charge >= 0.3 is 0 Å². The van der Waals surface area contributed by atoms with Crippen molar-refractivity contribution in [1.82, 2.24) is 9.88 Å². The maximum atomic E-state index is 12.2. The maximum absolute atomic E-state index is 12.2. The first kappa shape index (κ1) is 15.0. The van der Waals surface area contributed by atoms with Crippen molar-refractivity contribution < 1.29 is 14.6 Å². The zero-order chi connectivity index (χ0) is 14.5. The van der Waals surface area contributed by atoms with Crippen molar-refractivity contribution in [2.45, 2.75) is 19.1 Å². The molecule has 2 heterocycles. The number of rotatable bonds is 3. The molecule has 20 heavy (non-hydrogen) atoms. The standard InChI is InChI=1S/C14H17ClN2O3/c1-10-9-20-12(8-18)7-17(10)14(19)5-3-11-2-4-13(15)16-6-11/h2-6,10,12,18H,7-9H2,1H3/b5-3+. The van der Waals surface area contributed by atoms with E-state index in [1.807, 2.05) is 6.92 Å². The second kappa shape index (κ2) is 6.83. The normalized spacial score (nSPS) is 23.2. The average Bonchev–Trinajstić information content (AvgIpc) is 2.47. The van der Waals surface area contributed by atoms with Crippen LogP contribution >= 0.6 is 11.6 Å². The van der Waals surface area contributed by atoms with E-state index in [-0.39, 0.29) is 24.7 Å². The van der Waals surface area contributed by atoms with E-state index < -0.39 is 0 Å². The van der Waals surface area contributed by atoms with Gasteiger partial charge in [-0.05, 0) is 24.6 Å². The van der Waals surface area contributed by atoms with Gasteiger partial charge < -0.3 is 14.7 Å². The second-order valence-electron chi connectivity index (χ2n) is 4.73. The third kappa shape index (κ3) is 3.79. The third-order valence-electron chi connectivity index (χ3n) is 3.16. The molecule has 2 unspecified atom stereocenters. The predicted octanol–water partition coefficient (Wildman–Crippen LogP) is 1.36. The summed E-state index contributed by atoms with van der Waals surface area (Å²) < 4.78 is 5.40. The number of pyridine rings is 1. The van der Waals surface area contributed by atoms with Gasteiger partial charge in [0.2, 0.25) is 5.91 Å². The molecule has 108 valence electrons. The molecular formula is C14H17ClN2O3. The SMILES string of the molecule is CC1COC(CO)CN1C(=O)/C=C/c1ccc(Cl)nc1. The minimum absolute atomic E-state index is 0.00158. The predicted molar refractivity (Wildman–Crippen MR) is 76.3 cm³/mol. The highest BCUT2D eigenvalue weighted by atomic mass is 35.5. The largest absolute Gasteiger partial charge is 0.394 e. The van der Waals surface area contributed by atoms with Crippen LogP contribution in [0.5, 0.6) is 0 Å². The Morgan fingerprint density at radius 3 is 3.10 bits per heavy atom. The van der Waals surface area contributed by atoms with Crippen molar-refractivity contribution in [1.29, 1.82) is 0 Å². The molecule has 2 atom stereocenters. The Balaban J connectivity index is 2.01. The van der Waals surface area contributed by atoms with Gasteiger partial charge in [-0.15, -0.1) is 0 Å². The van der Waals surface area contributed by atoms with Gasteiger partial charge in [0.1, 0.15) is 5.15 Å². The summed E-state index contributed by atoms with van der Waals surface area (Å²) in [7, 11) is 0. The molecule has 1 aromatic rings. The van der Waals surface area contributed by atoms with E-state index in [0.29, 0.717) is 18.3 Å². The Labute approximate surface area is 122 Å². The third-order valence-corrected chi connectivity index (χ3v) is 3.38. The molecule has 1 amide bonds. The number of morpholine rings is 1. The van der Waals surface area contributed by atoms with Crippen molar-refractivity contribution in [3.05, 3.63) is 35.1 Å². The Morgan fingerprint density at radius 2 is 2.45 bits per heavy atom. The molecule has 0 aliphatic carbocycles. The molecule has 1 aliphatic heterocycles. The Morgan fingerprint density at radius 1 is 1.65 bits per heavy atom. The zero-order valence-electron chi connectivity index (χ0n) is 11.2. The van der Waals surface area contributed by atoms with Gasteiger partial charge in [-0.1, -0.05) is 17.7 Å². The van der Waals surface area contributed by atoms with E-state index in [0.717, 1.165) is 5.56 Å². The van der Waals surface area contributed by atoms with Gasteiger partial charge in [-0.25, -0.2) is 4.98 Å². The average molecular weight is 297 g/mol. The molecule has 0 bridgehead atoms. The molecule has 1 saturated heterocycles. The summed E-state index contributed by atoms with van der Waals surface area (Å²) in [6, 6.07) is 3.46. The Bertz CT molecular complexity index is 490. The second-order valence-corrected chi connectivity index (χ2v) is 5.11. The number of hydrogen-bond acceptors (Lipinski definition) is 4. The number of carbonyl (C=O) groups excluding carboxylic acids is 1. The number of ether oxygens (including phenoxy) is 1. The first-order valence-corrected chi connectivity index (χ1v) is 6.80. The highest BCUT2D eigenvalue weighted by Crippen LogP contribution is 2.13. The van der Waals surface area contributed by atoms with Crippen LogP contribution in [-0.2, 0) is 9.53 Å². The zero-order valence-corrected chi connectivity index (χ0v) is 12.0. The van der Waals surface area contributed by atoms with E-state index in [4.69, 9.17) is 21.4 Å². The van der Waals surface area contributed by atoms with Crippen LogP contribution in [0.1, 0.15) is 12.5 Å². The first-order chi connectivity index (χ1) is 9.60. The van der Waals surface area contributed by atoms with E-state index >= 15 is 0 Å². The molecule has 2 rings (SSSR count). The summed E-state index contributed by atoms with van der Waals surface area (Å²) in [6.07, 6.45) is 4.50. The van der Waals surface area contributed by atoms with Crippen LogP contribution in [-0.4, -0.2) is 52.8 Å². The van der Waals surface area contributed by atoms with Crippen LogP contribution in [0, 0.1) is 0 Å². The van der Waals surface area contributed by atoms with Crippen LogP contribution in [0.3, 0.4) is 0 Å². The lowest BCUT2D eigenvalue weighted by molar-refractivity contribution is -0.140. The van der Waals surface area contributed by atoms with Crippen molar-refractivity contribution in [3.8, 4) is 0 Å². The number of halogens is 1. The highest BCUT2D eigenvalue weighted by Gasteiger charge is 2.27.